The van der Waals surface area contributed by atoms with Crippen molar-refractivity contribution >= 4 is 10.9 Å². The second-order valence-electron chi connectivity index (χ2n) is 3.92. The molecule has 0 unspecified atom stereocenters. The van der Waals surface area contributed by atoms with Crippen LogP contribution in [0.1, 0.15) is 16.8 Å². The Hall–Kier alpha value is -1.41. The van der Waals surface area contributed by atoms with E-state index in [2.05, 4.69) is 41.5 Å². The van der Waals surface area contributed by atoms with Crippen LogP contribution in [-0.4, -0.2) is 12.0 Å². The van der Waals surface area contributed by atoms with Gasteiger partial charge in [-0.1, -0.05) is 18.2 Å². The van der Waals surface area contributed by atoms with Gasteiger partial charge in [-0.2, -0.15) is 0 Å². The topological polar surface area (TPSA) is 24.9 Å². The van der Waals surface area contributed by atoms with Crippen LogP contribution in [0.15, 0.2) is 24.3 Å². The van der Waals surface area contributed by atoms with E-state index in [0.717, 1.165) is 17.8 Å². The second kappa shape index (κ2) is 3.99. The van der Waals surface area contributed by atoms with Crippen LogP contribution in [-0.2, 0) is 6.54 Å². The quantitative estimate of drug-likeness (QED) is 0.806. The normalized spacial score (nSPS) is 10.9. The zero-order valence-corrected chi connectivity index (χ0v) is 9.46. The molecule has 0 bridgehead atoms. The zero-order chi connectivity index (χ0) is 10.8. The maximum absolute atomic E-state index is 4.59. The highest BCUT2D eigenvalue weighted by Gasteiger charge is 2.04. The molecular formula is C13H16N2. The molecule has 1 heterocycles. The van der Waals surface area contributed by atoms with E-state index in [9.17, 15) is 0 Å². The summed E-state index contributed by atoms with van der Waals surface area (Å²) in [5.41, 5.74) is 4.78. The first-order chi connectivity index (χ1) is 7.22. The van der Waals surface area contributed by atoms with Crippen molar-refractivity contribution in [3.63, 3.8) is 0 Å². The van der Waals surface area contributed by atoms with Crippen molar-refractivity contribution in [2.45, 2.75) is 20.4 Å². The van der Waals surface area contributed by atoms with Crippen LogP contribution >= 0.6 is 0 Å². The highest BCUT2D eigenvalue weighted by atomic mass is 14.8. The van der Waals surface area contributed by atoms with Crippen molar-refractivity contribution in [2.75, 3.05) is 7.05 Å². The Balaban J connectivity index is 2.74. The highest BCUT2D eigenvalue weighted by Crippen LogP contribution is 2.21. The lowest BCUT2D eigenvalue weighted by Gasteiger charge is -2.08. The summed E-state index contributed by atoms with van der Waals surface area (Å²) in [5, 5.41) is 4.45. The van der Waals surface area contributed by atoms with E-state index in [4.69, 9.17) is 0 Å². The minimum absolute atomic E-state index is 0.892. The largest absolute Gasteiger partial charge is 0.316 e. The molecule has 78 valence electrons. The van der Waals surface area contributed by atoms with Crippen LogP contribution in [0.2, 0.25) is 0 Å². The van der Waals surface area contributed by atoms with Crippen molar-refractivity contribution in [3.8, 4) is 0 Å². The minimum atomic E-state index is 0.892. The summed E-state index contributed by atoms with van der Waals surface area (Å²) in [6.45, 7) is 5.05. The van der Waals surface area contributed by atoms with Gasteiger partial charge in [0.15, 0.2) is 0 Å². The molecule has 0 aliphatic rings. The lowest BCUT2D eigenvalue weighted by Crippen LogP contribution is -2.06. The van der Waals surface area contributed by atoms with Gasteiger partial charge < -0.3 is 5.32 Å². The summed E-state index contributed by atoms with van der Waals surface area (Å²) in [7, 11) is 1.97. The molecule has 1 aromatic carbocycles. The molecule has 2 nitrogen and oxygen atoms in total. The van der Waals surface area contributed by atoms with Crippen molar-refractivity contribution < 1.29 is 0 Å². The van der Waals surface area contributed by atoms with Crippen molar-refractivity contribution in [1.29, 1.82) is 0 Å². The van der Waals surface area contributed by atoms with Crippen LogP contribution in [0.3, 0.4) is 0 Å². The van der Waals surface area contributed by atoms with Gasteiger partial charge in [-0.05, 0) is 38.1 Å². The van der Waals surface area contributed by atoms with Crippen molar-refractivity contribution in [3.05, 3.63) is 41.1 Å². The third-order valence-corrected chi connectivity index (χ3v) is 2.62. The van der Waals surface area contributed by atoms with E-state index in [1.54, 1.807) is 0 Å². The molecule has 0 aliphatic carbocycles. The molecule has 2 aromatic rings. The molecule has 0 saturated heterocycles. The molecule has 0 amide bonds. The van der Waals surface area contributed by atoms with Crippen LogP contribution in [0, 0.1) is 13.8 Å². The smallest absolute Gasteiger partial charge is 0.0737 e. The summed E-state index contributed by atoms with van der Waals surface area (Å²) in [6, 6.07) is 8.49. The zero-order valence-electron chi connectivity index (χ0n) is 9.46. The fourth-order valence-electron chi connectivity index (χ4n) is 1.94. The average molecular weight is 200 g/mol. The SMILES string of the molecule is CNCc1cc(C)nc2c(C)cccc12. The average Bonchev–Trinajstić information content (AvgIpc) is 2.20. The predicted molar refractivity (Wildman–Crippen MR) is 64.0 cm³/mol. The van der Waals surface area contributed by atoms with E-state index in [0.29, 0.717) is 0 Å². The molecule has 2 heteroatoms. The first-order valence-corrected chi connectivity index (χ1v) is 5.23. The Bertz CT molecular complexity index is 489. The summed E-state index contributed by atoms with van der Waals surface area (Å²) in [6.07, 6.45) is 0. The number of aromatic nitrogens is 1. The number of hydrogen-bond acceptors (Lipinski definition) is 2. The van der Waals surface area contributed by atoms with Crippen LogP contribution in [0.25, 0.3) is 10.9 Å². The number of benzene rings is 1. The first kappa shape index (κ1) is 10.1. The minimum Gasteiger partial charge on any atom is -0.316 e. The van der Waals surface area contributed by atoms with Gasteiger partial charge >= 0.3 is 0 Å². The molecule has 2 rings (SSSR count). The fourth-order valence-corrected chi connectivity index (χ4v) is 1.94. The number of pyridine rings is 1. The monoisotopic (exact) mass is 200 g/mol. The van der Waals surface area contributed by atoms with Gasteiger partial charge in [0.1, 0.15) is 0 Å². The Morgan fingerprint density at radius 2 is 2.07 bits per heavy atom. The van der Waals surface area contributed by atoms with E-state index >= 15 is 0 Å². The van der Waals surface area contributed by atoms with Gasteiger partial charge in [0, 0.05) is 17.6 Å². The molecule has 0 atom stereocenters. The van der Waals surface area contributed by atoms with Gasteiger partial charge in [-0.15, -0.1) is 0 Å². The number of para-hydroxylation sites is 1. The number of aryl methyl sites for hydroxylation is 2. The molecule has 0 spiro atoms. The lowest BCUT2D eigenvalue weighted by atomic mass is 10.0. The Morgan fingerprint density at radius 3 is 2.80 bits per heavy atom. The van der Waals surface area contributed by atoms with E-state index in [-0.39, 0.29) is 0 Å². The van der Waals surface area contributed by atoms with Crippen LogP contribution < -0.4 is 5.32 Å². The molecule has 1 aromatic heterocycles. The summed E-state index contributed by atoms with van der Waals surface area (Å²) >= 11 is 0. The van der Waals surface area contributed by atoms with E-state index in [1.807, 2.05) is 14.0 Å². The number of fused-ring (bicyclic) bond motifs is 1. The third kappa shape index (κ3) is 1.85. The summed E-state index contributed by atoms with van der Waals surface area (Å²) in [4.78, 5) is 4.59. The standard InChI is InChI=1S/C13H16N2/c1-9-5-4-6-12-11(8-14-3)7-10(2)15-13(9)12/h4-7,14H,8H2,1-3H3. The molecule has 0 aliphatic heterocycles. The van der Waals surface area contributed by atoms with Crippen molar-refractivity contribution in [1.82, 2.24) is 10.3 Å². The van der Waals surface area contributed by atoms with Crippen LogP contribution in [0.5, 0.6) is 0 Å². The summed E-state index contributed by atoms with van der Waals surface area (Å²) in [5.74, 6) is 0. The fraction of sp³-hybridized carbons (Fsp3) is 0.308. The Kier molecular flexibility index (Phi) is 2.69. The lowest BCUT2D eigenvalue weighted by molar-refractivity contribution is 0.821. The van der Waals surface area contributed by atoms with Gasteiger partial charge in [-0.25, -0.2) is 0 Å². The molecule has 15 heavy (non-hydrogen) atoms. The Morgan fingerprint density at radius 1 is 1.27 bits per heavy atom. The maximum Gasteiger partial charge on any atom is 0.0737 e. The first-order valence-electron chi connectivity index (χ1n) is 5.23. The summed E-state index contributed by atoms with van der Waals surface area (Å²) < 4.78 is 0. The number of hydrogen-bond donors (Lipinski definition) is 1. The highest BCUT2D eigenvalue weighted by molar-refractivity contribution is 5.85. The van der Waals surface area contributed by atoms with Crippen molar-refractivity contribution in [2.24, 2.45) is 0 Å². The second-order valence-corrected chi connectivity index (χ2v) is 3.92. The predicted octanol–water partition coefficient (Wildman–Crippen LogP) is 2.57. The number of rotatable bonds is 2. The van der Waals surface area contributed by atoms with Gasteiger partial charge in [0.05, 0.1) is 5.52 Å². The molecule has 0 saturated carbocycles. The molecule has 0 fully saturated rings. The van der Waals surface area contributed by atoms with E-state index in [1.165, 1.54) is 16.5 Å². The Labute approximate surface area is 90.3 Å². The third-order valence-electron chi connectivity index (χ3n) is 2.62. The number of nitrogens with zero attached hydrogens (tertiary/aromatic N) is 1. The number of nitrogens with one attached hydrogen (secondary N) is 1. The van der Waals surface area contributed by atoms with E-state index < -0.39 is 0 Å². The molecule has 1 N–H and O–H groups in total. The molecule has 0 radical (unpaired) electrons. The van der Waals surface area contributed by atoms with Gasteiger partial charge in [-0.3, -0.25) is 4.98 Å². The van der Waals surface area contributed by atoms with Gasteiger partial charge in [0.25, 0.3) is 0 Å². The maximum atomic E-state index is 4.59. The van der Waals surface area contributed by atoms with Crippen LogP contribution in [0.4, 0.5) is 0 Å². The van der Waals surface area contributed by atoms with Gasteiger partial charge in [0.2, 0.25) is 0 Å². The molecular weight excluding hydrogens is 184 g/mol.